The Bertz CT molecular complexity index is 1050. The van der Waals surface area contributed by atoms with Crippen LogP contribution in [0, 0.1) is 0 Å². The third kappa shape index (κ3) is 3.82. The molecule has 0 amide bonds. The normalized spacial score (nSPS) is 10.4. The summed E-state index contributed by atoms with van der Waals surface area (Å²) < 4.78 is 20.5. The fraction of sp³-hybridized carbons (Fsp3) is 0.150. The fourth-order valence-corrected chi connectivity index (χ4v) is 2.51. The molecule has 1 heterocycles. The molecule has 0 N–H and O–H groups in total. The summed E-state index contributed by atoms with van der Waals surface area (Å²) in [5.41, 5.74) is -0.478. The fourth-order valence-electron chi connectivity index (χ4n) is 2.51. The van der Waals surface area contributed by atoms with E-state index < -0.39 is 24.0 Å². The molecule has 0 aliphatic rings. The largest absolute Gasteiger partial charge is 0.493 e. The lowest BCUT2D eigenvalue weighted by molar-refractivity contribution is 0.0473. The van der Waals surface area contributed by atoms with Crippen molar-refractivity contribution in [2.24, 2.45) is 0 Å². The third-order valence-electron chi connectivity index (χ3n) is 3.88. The number of hydrogen-bond donors (Lipinski definition) is 0. The summed E-state index contributed by atoms with van der Waals surface area (Å²) in [6, 6.07) is 12.7. The number of rotatable bonds is 6. The van der Waals surface area contributed by atoms with Gasteiger partial charge in [-0.15, -0.1) is 0 Å². The van der Waals surface area contributed by atoms with Crippen molar-refractivity contribution >= 4 is 22.7 Å². The average Bonchev–Trinajstić information content (AvgIpc) is 2.70. The number of Topliss-reactive ketones (excluding diaryl/α,β-unsaturated/α-hetero) is 1. The van der Waals surface area contributed by atoms with Crippen molar-refractivity contribution < 1.29 is 28.2 Å². The van der Waals surface area contributed by atoms with E-state index in [-0.39, 0.29) is 11.1 Å². The highest BCUT2D eigenvalue weighted by atomic mass is 16.5. The highest BCUT2D eigenvalue weighted by Gasteiger charge is 2.18. The molecule has 7 heteroatoms. The average molecular weight is 368 g/mol. The van der Waals surface area contributed by atoms with Gasteiger partial charge < -0.3 is 18.6 Å². The van der Waals surface area contributed by atoms with Gasteiger partial charge in [-0.1, -0.05) is 18.2 Å². The predicted octanol–water partition coefficient (Wildman–Crippen LogP) is 2.85. The van der Waals surface area contributed by atoms with Crippen molar-refractivity contribution in [3.8, 4) is 11.5 Å². The summed E-state index contributed by atoms with van der Waals surface area (Å²) in [5.74, 6) is -0.498. The molecule has 1 aromatic heterocycles. The van der Waals surface area contributed by atoms with E-state index in [4.69, 9.17) is 18.6 Å². The number of ether oxygens (including phenoxy) is 3. The van der Waals surface area contributed by atoms with E-state index >= 15 is 0 Å². The second-order valence-corrected chi connectivity index (χ2v) is 5.56. The molecule has 0 saturated heterocycles. The first kappa shape index (κ1) is 18.2. The van der Waals surface area contributed by atoms with Gasteiger partial charge >= 0.3 is 11.6 Å². The van der Waals surface area contributed by atoms with Gasteiger partial charge in [0.25, 0.3) is 0 Å². The molecular formula is C20H16O7. The second kappa shape index (κ2) is 7.74. The standard InChI is InChI=1S/C20H16O7/c1-24-17-9-13-8-14(20(23)27-16(13)10-18(17)25-2)15(21)11-26-19(22)12-6-4-3-5-7-12/h3-10H,11H2,1-2H3. The van der Waals surface area contributed by atoms with Gasteiger partial charge in [0.05, 0.1) is 19.8 Å². The Morgan fingerprint density at radius 3 is 2.30 bits per heavy atom. The highest BCUT2D eigenvalue weighted by molar-refractivity contribution is 6.01. The first-order chi connectivity index (χ1) is 13.0. The molecule has 0 unspecified atom stereocenters. The zero-order valence-electron chi connectivity index (χ0n) is 14.7. The van der Waals surface area contributed by atoms with Crippen molar-refractivity contribution in [3.05, 3.63) is 70.1 Å². The predicted molar refractivity (Wildman–Crippen MR) is 96.6 cm³/mol. The summed E-state index contributed by atoms with van der Waals surface area (Å²) in [7, 11) is 2.93. The molecule has 0 spiro atoms. The van der Waals surface area contributed by atoms with Gasteiger partial charge in [0, 0.05) is 11.5 Å². The quantitative estimate of drug-likeness (QED) is 0.375. The Morgan fingerprint density at radius 1 is 0.963 bits per heavy atom. The molecule has 0 aliphatic heterocycles. The number of methoxy groups -OCH3 is 2. The summed E-state index contributed by atoms with van der Waals surface area (Å²) in [6.45, 7) is -0.572. The number of fused-ring (bicyclic) bond motifs is 1. The molecule has 0 fully saturated rings. The van der Waals surface area contributed by atoms with Gasteiger partial charge in [-0.05, 0) is 24.3 Å². The zero-order valence-corrected chi connectivity index (χ0v) is 14.7. The molecule has 0 radical (unpaired) electrons. The van der Waals surface area contributed by atoms with Crippen molar-refractivity contribution in [2.75, 3.05) is 20.8 Å². The lowest BCUT2D eigenvalue weighted by atomic mass is 10.1. The van der Waals surface area contributed by atoms with Crippen LogP contribution in [0.2, 0.25) is 0 Å². The van der Waals surface area contributed by atoms with Crippen LogP contribution in [0.3, 0.4) is 0 Å². The topological polar surface area (TPSA) is 92.0 Å². The van der Waals surface area contributed by atoms with Crippen LogP contribution in [0.15, 0.2) is 57.7 Å². The van der Waals surface area contributed by atoms with Crippen molar-refractivity contribution in [1.82, 2.24) is 0 Å². The molecule has 7 nitrogen and oxygen atoms in total. The Labute approximate surface area is 154 Å². The molecule has 0 saturated carbocycles. The number of esters is 1. The van der Waals surface area contributed by atoms with Crippen LogP contribution in [-0.4, -0.2) is 32.6 Å². The smallest absolute Gasteiger partial charge is 0.347 e. The Morgan fingerprint density at radius 2 is 1.63 bits per heavy atom. The Hall–Kier alpha value is -3.61. The molecule has 0 atom stereocenters. The third-order valence-corrected chi connectivity index (χ3v) is 3.88. The molecule has 27 heavy (non-hydrogen) atoms. The van der Waals surface area contributed by atoms with E-state index in [9.17, 15) is 14.4 Å². The van der Waals surface area contributed by atoms with E-state index in [2.05, 4.69) is 0 Å². The monoisotopic (exact) mass is 368 g/mol. The van der Waals surface area contributed by atoms with Gasteiger partial charge in [0.15, 0.2) is 18.1 Å². The van der Waals surface area contributed by atoms with Gasteiger partial charge in [0.2, 0.25) is 5.78 Å². The van der Waals surface area contributed by atoms with Crippen LogP contribution in [-0.2, 0) is 4.74 Å². The van der Waals surface area contributed by atoms with E-state index in [1.54, 1.807) is 36.4 Å². The van der Waals surface area contributed by atoms with Crippen LogP contribution in [0.25, 0.3) is 11.0 Å². The van der Waals surface area contributed by atoms with Gasteiger partial charge in [-0.2, -0.15) is 0 Å². The van der Waals surface area contributed by atoms with Gasteiger partial charge in [-0.25, -0.2) is 9.59 Å². The molecule has 0 aliphatic carbocycles. The second-order valence-electron chi connectivity index (χ2n) is 5.56. The lowest BCUT2D eigenvalue weighted by Crippen LogP contribution is -2.20. The van der Waals surface area contributed by atoms with Crippen LogP contribution in [0.4, 0.5) is 0 Å². The summed E-state index contributed by atoms with van der Waals surface area (Å²) in [6.07, 6.45) is 0. The summed E-state index contributed by atoms with van der Waals surface area (Å²) in [4.78, 5) is 36.4. The number of carbonyl (C=O) groups is 2. The number of hydrogen-bond acceptors (Lipinski definition) is 7. The molecule has 0 bridgehead atoms. The molecule has 2 aromatic carbocycles. The summed E-state index contributed by atoms with van der Waals surface area (Å²) in [5, 5.41) is 0.477. The first-order valence-electron chi connectivity index (χ1n) is 7.98. The Balaban J connectivity index is 1.85. The lowest BCUT2D eigenvalue weighted by Gasteiger charge is -2.09. The van der Waals surface area contributed by atoms with Gasteiger partial charge in [0.1, 0.15) is 11.1 Å². The minimum atomic E-state index is -0.824. The van der Waals surface area contributed by atoms with E-state index in [0.717, 1.165) is 0 Å². The van der Waals surface area contributed by atoms with Crippen molar-refractivity contribution in [1.29, 1.82) is 0 Å². The Kier molecular flexibility index (Phi) is 5.21. The first-order valence-corrected chi connectivity index (χ1v) is 7.98. The molecule has 138 valence electrons. The zero-order chi connectivity index (χ0) is 19.4. The van der Waals surface area contributed by atoms with Crippen LogP contribution in [0.1, 0.15) is 20.7 Å². The van der Waals surface area contributed by atoms with Crippen molar-refractivity contribution in [2.45, 2.75) is 0 Å². The van der Waals surface area contributed by atoms with E-state index in [1.165, 1.54) is 26.4 Å². The maximum Gasteiger partial charge on any atom is 0.347 e. The SMILES string of the molecule is COc1cc2cc(C(=O)COC(=O)c3ccccc3)c(=O)oc2cc1OC. The minimum Gasteiger partial charge on any atom is -0.493 e. The molecular weight excluding hydrogens is 352 g/mol. The molecule has 3 rings (SSSR count). The number of benzene rings is 2. The maximum absolute atomic E-state index is 12.3. The number of carbonyl (C=O) groups excluding carboxylic acids is 2. The van der Waals surface area contributed by atoms with Gasteiger partial charge in [-0.3, -0.25) is 4.79 Å². The maximum atomic E-state index is 12.3. The van der Waals surface area contributed by atoms with E-state index in [1.807, 2.05) is 0 Å². The number of ketones is 1. The van der Waals surface area contributed by atoms with Crippen LogP contribution < -0.4 is 15.1 Å². The molecule has 3 aromatic rings. The van der Waals surface area contributed by atoms with Crippen LogP contribution in [0.5, 0.6) is 11.5 Å². The highest BCUT2D eigenvalue weighted by Crippen LogP contribution is 2.31. The van der Waals surface area contributed by atoms with E-state index in [0.29, 0.717) is 22.4 Å². The summed E-state index contributed by atoms with van der Waals surface area (Å²) >= 11 is 0. The van der Waals surface area contributed by atoms with Crippen LogP contribution >= 0.6 is 0 Å². The minimum absolute atomic E-state index is 0.212. The van der Waals surface area contributed by atoms with Crippen molar-refractivity contribution in [3.63, 3.8) is 0 Å².